The van der Waals surface area contributed by atoms with Crippen LogP contribution in [0.2, 0.25) is 10.0 Å². The molecule has 24 heavy (non-hydrogen) atoms. The molecule has 0 amide bonds. The Hall–Kier alpha value is -2.63. The molecular weight excluding hydrogens is 349 g/mol. The Kier molecular flexibility index (Phi) is 4.64. The van der Waals surface area contributed by atoms with Crippen LogP contribution in [0.25, 0.3) is 11.8 Å². The number of aromatic nitrogens is 3. The largest absolute Gasteiger partial charge is 0.478 e. The molecule has 0 atom stereocenters. The number of nitrogens with zero attached hydrogens (tertiary/aromatic N) is 3. The molecule has 7 heteroatoms. The Morgan fingerprint density at radius 1 is 1.08 bits per heavy atom. The normalized spacial score (nSPS) is 11.5. The van der Waals surface area contributed by atoms with Gasteiger partial charge in [-0.25, -0.2) is 14.5 Å². The van der Waals surface area contributed by atoms with Gasteiger partial charge in [0.2, 0.25) is 0 Å². The average Bonchev–Trinajstić information content (AvgIpc) is 3.06. The van der Waals surface area contributed by atoms with Gasteiger partial charge in [-0.15, -0.1) is 0 Å². The maximum Gasteiger partial charge on any atom is 0.336 e. The van der Waals surface area contributed by atoms with Gasteiger partial charge < -0.3 is 5.11 Å². The second kappa shape index (κ2) is 6.86. The van der Waals surface area contributed by atoms with E-state index >= 15 is 0 Å². The smallest absolute Gasteiger partial charge is 0.336 e. The topological polar surface area (TPSA) is 68.0 Å². The number of halogens is 2. The van der Waals surface area contributed by atoms with E-state index in [1.54, 1.807) is 42.6 Å². The summed E-state index contributed by atoms with van der Waals surface area (Å²) in [7, 11) is 0. The standard InChI is InChI=1S/C17H11Cl2N3O2/c18-11-5-6-13(16(19)7-11)15(8-22-10-20-9-21-22)12-3-1-2-4-14(12)17(23)24/h1-10H,(H,23,24). The van der Waals surface area contributed by atoms with Gasteiger partial charge in [0.15, 0.2) is 0 Å². The van der Waals surface area contributed by atoms with Crippen LogP contribution in [0, 0.1) is 0 Å². The molecule has 5 nitrogen and oxygen atoms in total. The number of carboxylic acids is 1. The lowest BCUT2D eigenvalue weighted by atomic mass is 9.94. The average molecular weight is 360 g/mol. The highest BCUT2D eigenvalue weighted by molar-refractivity contribution is 6.36. The van der Waals surface area contributed by atoms with Crippen molar-refractivity contribution in [2.75, 3.05) is 0 Å². The third-order valence-corrected chi connectivity index (χ3v) is 3.91. The summed E-state index contributed by atoms with van der Waals surface area (Å²) in [5, 5.41) is 14.4. The predicted octanol–water partition coefficient (Wildman–Crippen LogP) is 4.33. The zero-order valence-electron chi connectivity index (χ0n) is 12.2. The summed E-state index contributed by atoms with van der Waals surface area (Å²) in [6, 6.07) is 11.7. The number of rotatable bonds is 4. The molecule has 0 radical (unpaired) electrons. The van der Waals surface area contributed by atoms with Crippen molar-refractivity contribution < 1.29 is 9.90 Å². The summed E-state index contributed by atoms with van der Waals surface area (Å²) in [5.74, 6) is -1.03. The highest BCUT2D eigenvalue weighted by Gasteiger charge is 2.17. The summed E-state index contributed by atoms with van der Waals surface area (Å²) in [6.45, 7) is 0. The Morgan fingerprint density at radius 2 is 1.83 bits per heavy atom. The van der Waals surface area contributed by atoms with Crippen molar-refractivity contribution >= 4 is 40.9 Å². The lowest BCUT2D eigenvalue weighted by Crippen LogP contribution is -2.04. The minimum absolute atomic E-state index is 0.162. The molecule has 0 aliphatic carbocycles. The van der Waals surface area contributed by atoms with Crippen molar-refractivity contribution in [3.05, 3.63) is 81.9 Å². The summed E-state index contributed by atoms with van der Waals surface area (Å²) >= 11 is 12.3. The molecule has 1 heterocycles. The number of carboxylic acid groups (broad SMARTS) is 1. The van der Waals surface area contributed by atoms with E-state index in [4.69, 9.17) is 23.2 Å². The molecule has 0 saturated carbocycles. The van der Waals surface area contributed by atoms with Gasteiger partial charge >= 0.3 is 5.97 Å². The first-order valence-electron chi connectivity index (χ1n) is 6.90. The maximum atomic E-state index is 11.6. The molecule has 1 N–H and O–H groups in total. The van der Waals surface area contributed by atoms with Crippen LogP contribution >= 0.6 is 23.2 Å². The molecule has 0 spiro atoms. The number of carbonyl (C=O) groups is 1. The molecule has 1 aromatic heterocycles. The fourth-order valence-electron chi connectivity index (χ4n) is 2.31. The van der Waals surface area contributed by atoms with Gasteiger partial charge in [-0.05, 0) is 23.8 Å². The molecule has 3 rings (SSSR count). The SMILES string of the molecule is O=C(O)c1ccccc1C(=Cn1cncn1)c1ccc(Cl)cc1Cl. The van der Waals surface area contributed by atoms with E-state index in [9.17, 15) is 9.90 Å². The number of aromatic carboxylic acids is 1. The van der Waals surface area contributed by atoms with Gasteiger partial charge in [-0.3, -0.25) is 0 Å². The predicted molar refractivity (Wildman–Crippen MR) is 93.2 cm³/mol. The van der Waals surface area contributed by atoms with E-state index in [1.165, 1.54) is 23.4 Å². The zero-order valence-corrected chi connectivity index (χ0v) is 13.7. The van der Waals surface area contributed by atoms with Crippen molar-refractivity contribution in [3.8, 4) is 0 Å². The van der Waals surface area contributed by atoms with Crippen LogP contribution in [0.1, 0.15) is 21.5 Å². The molecule has 0 bridgehead atoms. The van der Waals surface area contributed by atoms with Gasteiger partial charge in [-0.2, -0.15) is 5.10 Å². The molecule has 2 aromatic carbocycles. The fraction of sp³-hybridized carbons (Fsp3) is 0. The lowest BCUT2D eigenvalue weighted by molar-refractivity contribution is 0.0696. The van der Waals surface area contributed by atoms with E-state index < -0.39 is 5.97 Å². The van der Waals surface area contributed by atoms with Crippen molar-refractivity contribution in [2.24, 2.45) is 0 Å². The zero-order chi connectivity index (χ0) is 17.1. The number of hydrogen-bond acceptors (Lipinski definition) is 3. The first-order valence-corrected chi connectivity index (χ1v) is 7.66. The van der Waals surface area contributed by atoms with Gasteiger partial charge in [0.25, 0.3) is 0 Å². The summed E-state index contributed by atoms with van der Waals surface area (Å²) in [4.78, 5) is 15.5. The quantitative estimate of drug-likeness (QED) is 0.752. The van der Waals surface area contributed by atoms with Gasteiger partial charge in [0.05, 0.1) is 5.56 Å². The van der Waals surface area contributed by atoms with Crippen LogP contribution < -0.4 is 0 Å². The van der Waals surface area contributed by atoms with E-state index in [0.29, 0.717) is 26.7 Å². The number of benzene rings is 2. The third-order valence-electron chi connectivity index (χ3n) is 3.37. The van der Waals surface area contributed by atoms with Crippen LogP contribution in [0.4, 0.5) is 0 Å². The highest BCUT2D eigenvalue weighted by Crippen LogP contribution is 2.33. The molecule has 0 aliphatic heterocycles. The van der Waals surface area contributed by atoms with Crippen LogP contribution in [0.15, 0.2) is 55.1 Å². The van der Waals surface area contributed by atoms with Crippen LogP contribution in [-0.2, 0) is 0 Å². The van der Waals surface area contributed by atoms with E-state index in [1.807, 2.05) is 0 Å². The van der Waals surface area contributed by atoms with E-state index in [0.717, 1.165) is 0 Å². The Labute approximate surface area is 147 Å². The second-order valence-electron chi connectivity index (χ2n) is 4.89. The Balaban J connectivity index is 2.26. The molecule has 120 valence electrons. The third kappa shape index (κ3) is 3.32. The van der Waals surface area contributed by atoms with E-state index in [2.05, 4.69) is 10.1 Å². The van der Waals surface area contributed by atoms with Crippen LogP contribution in [-0.4, -0.2) is 25.8 Å². The van der Waals surface area contributed by atoms with E-state index in [-0.39, 0.29) is 5.56 Å². The van der Waals surface area contributed by atoms with Crippen molar-refractivity contribution in [1.82, 2.24) is 14.8 Å². The van der Waals surface area contributed by atoms with Gasteiger partial charge in [-0.1, -0.05) is 47.5 Å². The molecule has 0 aliphatic rings. The second-order valence-corrected chi connectivity index (χ2v) is 5.74. The van der Waals surface area contributed by atoms with Gasteiger partial charge in [0.1, 0.15) is 12.7 Å². The minimum Gasteiger partial charge on any atom is -0.478 e. The Bertz CT molecular complexity index is 921. The molecule has 0 fully saturated rings. The van der Waals surface area contributed by atoms with Crippen LogP contribution in [0.5, 0.6) is 0 Å². The minimum atomic E-state index is -1.03. The maximum absolute atomic E-state index is 11.6. The molecule has 3 aromatic rings. The summed E-state index contributed by atoms with van der Waals surface area (Å²) < 4.78 is 1.49. The summed E-state index contributed by atoms with van der Waals surface area (Å²) in [6.07, 6.45) is 4.57. The molecular formula is C17H11Cl2N3O2. The van der Waals surface area contributed by atoms with Crippen molar-refractivity contribution in [1.29, 1.82) is 0 Å². The molecule has 0 unspecified atom stereocenters. The first-order chi connectivity index (χ1) is 11.6. The summed E-state index contributed by atoms with van der Waals surface area (Å²) in [5.41, 5.74) is 1.92. The van der Waals surface area contributed by atoms with Crippen molar-refractivity contribution in [2.45, 2.75) is 0 Å². The van der Waals surface area contributed by atoms with Gasteiger partial charge in [0, 0.05) is 27.4 Å². The Morgan fingerprint density at radius 3 is 2.46 bits per heavy atom. The molecule has 0 saturated heterocycles. The fourth-order valence-corrected chi connectivity index (χ4v) is 2.82. The monoisotopic (exact) mass is 359 g/mol. The lowest BCUT2D eigenvalue weighted by Gasteiger charge is -2.13. The first kappa shape index (κ1) is 16.2. The number of hydrogen-bond donors (Lipinski definition) is 1. The van der Waals surface area contributed by atoms with Crippen molar-refractivity contribution in [3.63, 3.8) is 0 Å². The highest BCUT2D eigenvalue weighted by atomic mass is 35.5. The van der Waals surface area contributed by atoms with Crippen LogP contribution in [0.3, 0.4) is 0 Å².